The van der Waals surface area contributed by atoms with Gasteiger partial charge in [0.15, 0.2) is 0 Å². The highest BCUT2D eigenvalue weighted by Crippen LogP contribution is 2.17. The first-order valence-electron chi connectivity index (χ1n) is 11.5. The van der Waals surface area contributed by atoms with E-state index in [1.165, 1.54) is 108 Å². The molecule has 0 spiro atoms. The average Bonchev–Trinajstić information content (AvgIpc) is 2.65. The first-order valence-corrected chi connectivity index (χ1v) is 11.5. The summed E-state index contributed by atoms with van der Waals surface area (Å²) in [7, 11) is 0. The number of ether oxygens (including phenoxy) is 1. The van der Waals surface area contributed by atoms with Crippen molar-refractivity contribution in [1.29, 1.82) is 0 Å². The second-order valence-corrected chi connectivity index (χ2v) is 7.92. The molecule has 0 aromatic heterocycles. The second kappa shape index (κ2) is 17.4. The molecule has 150 valence electrons. The van der Waals surface area contributed by atoms with E-state index in [4.69, 9.17) is 4.74 Å². The maximum absolute atomic E-state index is 5.86. The molecule has 0 heterocycles. The van der Waals surface area contributed by atoms with E-state index in [1.807, 2.05) is 0 Å². The van der Waals surface area contributed by atoms with E-state index in [1.54, 1.807) is 0 Å². The van der Waals surface area contributed by atoms with Crippen LogP contribution in [0, 0.1) is 6.92 Å². The van der Waals surface area contributed by atoms with Crippen LogP contribution in [0.5, 0.6) is 5.75 Å². The third kappa shape index (κ3) is 13.3. The summed E-state index contributed by atoms with van der Waals surface area (Å²) in [6, 6.07) is 8.30. The van der Waals surface area contributed by atoms with Gasteiger partial charge in [0.2, 0.25) is 0 Å². The monoisotopic (exact) mass is 360 g/mol. The molecule has 0 radical (unpaired) electrons. The van der Waals surface area contributed by atoms with E-state index in [0.717, 1.165) is 12.4 Å². The number of hydrogen-bond donors (Lipinski definition) is 0. The van der Waals surface area contributed by atoms with E-state index in [0.29, 0.717) is 0 Å². The van der Waals surface area contributed by atoms with Crippen molar-refractivity contribution in [2.24, 2.45) is 0 Å². The quantitative estimate of drug-likeness (QED) is 0.238. The molecule has 0 unspecified atom stereocenters. The van der Waals surface area contributed by atoms with E-state index in [2.05, 4.69) is 38.1 Å². The predicted molar refractivity (Wildman–Crippen MR) is 116 cm³/mol. The molecule has 0 saturated heterocycles. The number of para-hydroxylation sites is 1. The van der Waals surface area contributed by atoms with Crippen molar-refractivity contribution in [3.63, 3.8) is 0 Å². The Kier molecular flexibility index (Phi) is 15.5. The summed E-state index contributed by atoms with van der Waals surface area (Å²) >= 11 is 0. The molecule has 26 heavy (non-hydrogen) atoms. The fourth-order valence-corrected chi connectivity index (χ4v) is 3.55. The van der Waals surface area contributed by atoms with Gasteiger partial charge in [0.05, 0.1) is 6.61 Å². The van der Waals surface area contributed by atoms with Crippen molar-refractivity contribution in [2.45, 2.75) is 117 Å². The number of hydrogen-bond acceptors (Lipinski definition) is 1. The Labute approximate surface area is 163 Å². The Bertz CT molecular complexity index is 412. The molecule has 0 aliphatic heterocycles. The molecule has 0 bridgehead atoms. The van der Waals surface area contributed by atoms with Crippen LogP contribution in [-0.4, -0.2) is 6.61 Å². The highest BCUT2D eigenvalue weighted by molar-refractivity contribution is 5.31. The third-order valence-corrected chi connectivity index (χ3v) is 5.35. The fourth-order valence-electron chi connectivity index (χ4n) is 3.55. The topological polar surface area (TPSA) is 9.23 Å². The van der Waals surface area contributed by atoms with Gasteiger partial charge in [-0.05, 0) is 25.0 Å². The predicted octanol–water partition coefficient (Wildman–Crippen LogP) is 8.64. The van der Waals surface area contributed by atoms with Crippen LogP contribution in [0.15, 0.2) is 24.3 Å². The lowest BCUT2D eigenvalue weighted by molar-refractivity contribution is 0.302. The van der Waals surface area contributed by atoms with Gasteiger partial charge in [0.25, 0.3) is 0 Å². The summed E-state index contributed by atoms with van der Waals surface area (Å²) in [5, 5.41) is 0. The highest BCUT2D eigenvalue weighted by atomic mass is 16.5. The molecule has 0 aliphatic rings. The van der Waals surface area contributed by atoms with Crippen molar-refractivity contribution in [2.75, 3.05) is 6.61 Å². The van der Waals surface area contributed by atoms with Gasteiger partial charge in [-0.2, -0.15) is 0 Å². The summed E-state index contributed by atoms with van der Waals surface area (Å²) in [6.07, 6.45) is 22.6. The number of aryl methyl sites for hydroxylation is 1. The molecule has 0 N–H and O–H groups in total. The maximum atomic E-state index is 5.86. The molecular formula is C25H44O. The number of rotatable bonds is 18. The minimum atomic E-state index is 0.864. The zero-order chi connectivity index (χ0) is 18.7. The zero-order valence-electron chi connectivity index (χ0n) is 17.7. The summed E-state index contributed by atoms with van der Waals surface area (Å²) < 4.78 is 5.86. The Morgan fingerprint density at radius 3 is 1.46 bits per heavy atom. The van der Waals surface area contributed by atoms with Crippen LogP contribution in [0.1, 0.15) is 115 Å². The van der Waals surface area contributed by atoms with Gasteiger partial charge in [0.1, 0.15) is 5.75 Å². The van der Waals surface area contributed by atoms with Gasteiger partial charge in [-0.3, -0.25) is 0 Å². The zero-order valence-corrected chi connectivity index (χ0v) is 17.7. The smallest absolute Gasteiger partial charge is 0.122 e. The van der Waals surface area contributed by atoms with Gasteiger partial charge in [-0.25, -0.2) is 0 Å². The summed E-state index contributed by atoms with van der Waals surface area (Å²) in [5.41, 5.74) is 1.24. The highest BCUT2D eigenvalue weighted by Gasteiger charge is 1.98. The molecule has 1 aromatic carbocycles. The van der Waals surface area contributed by atoms with Crippen LogP contribution in [0.3, 0.4) is 0 Å². The summed E-state index contributed by atoms with van der Waals surface area (Å²) in [4.78, 5) is 0. The van der Waals surface area contributed by atoms with Crippen molar-refractivity contribution < 1.29 is 4.74 Å². The SMILES string of the molecule is CCCCCCCCCCCCCCCCCCOc1ccccc1C. The summed E-state index contributed by atoms with van der Waals surface area (Å²) in [5.74, 6) is 1.05. The molecular weight excluding hydrogens is 316 g/mol. The largest absolute Gasteiger partial charge is 0.493 e. The fraction of sp³-hybridized carbons (Fsp3) is 0.760. The average molecular weight is 361 g/mol. The molecule has 1 rings (SSSR count). The van der Waals surface area contributed by atoms with Gasteiger partial charge in [-0.1, -0.05) is 121 Å². The van der Waals surface area contributed by atoms with Crippen LogP contribution in [0.4, 0.5) is 0 Å². The van der Waals surface area contributed by atoms with Gasteiger partial charge >= 0.3 is 0 Å². The lowest BCUT2D eigenvalue weighted by Gasteiger charge is -2.08. The van der Waals surface area contributed by atoms with Gasteiger partial charge in [0, 0.05) is 0 Å². The molecule has 1 heteroatoms. The van der Waals surface area contributed by atoms with Crippen molar-refractivity contribution in [3.05, 3.63) is 29.8 Å². The van der Waals surface area contributed by atoms with Crippen molar-refractivity contribution in [1.82, 2.24) is 0 Å². The van der Waals surface area contributed by atoms with Gasteiger partial charge < -0.3 is 4.74 Å². The summed E-state index contributed by atoms with van der Waals surface area (Å²) in [6.45, 7) is 5.27. The molecule has 0 amide bonds. The lowest BCUT2D eigenvalue weighted by atomic mass is 10.0. The van der Waals surface area contributed by atoms with Gasteiger partial charge in [-0.15, -0.1) is 0 Å². The molecule has 0 saturated carbocycles. The Morgan fingerprint density at radius 2 is 1.00 bits per heavy atom. The molecule has 0 atom stereocenters. The minimum Gasteiger partial charge on any atom is -0.493 e. The molecule has 1 aromatic rings. The van der Waals surface area contributed by atoms with Crippen LogP contribution in [0.25, 0.3) is 0 Å². The maximum Gasteiger partial charge on any atom is 0.122 e. The van der Waals surface area contributed by atoms with Crippen LogP contribution >= 0.6 is 0 Å². The van der Waals surface area contributed by atoms with Crippen LogP contribution in [0.2, 0.25) is 0 Å². The first kappa shape index (κ1) is 23.1. The van der Waals surface area contributed by atoms with E-state index < -0.39 is 0 Å². The second-order valence-electron chi connectivity index (χ2n) is 7.92. The molecule has 0 fully saturated rings. The Balaban J connectivity index is 1.74. The van der Waals surface area contributed by atoms with Crippen molar-refractivity contribution in [3.8, 4) is 5.75 Å². The van der Waals surface area contributed by atoms with Crippen LogP contribution in [-0.2, 0) is 0 Å². The number of unbranched alkanes of at least 4 members (excludes halogenated alkanes) is 15. The number of benzene rings is 1. The standard InChI is InChI=1S/C25H44O/c1-3-4-5-6-7-8-9-10-11-12-13-14-15-16-17-20-23-26-25-22-19-18-21-24(25)2/h18-19,21-22H,3-17,20,23H2,1-2H3. The van der Waals surface area contributed by atoms with Crippen molar-refractivity contribution >= 4 is 0 Å². The van der Waals surface area contributed by atoms with E-state index >= 15 is 0 Å². The Hall–Kier alpha value is -0.980. The molecule has 1 nitrogen and oxygen atoms in total. The first-order chi connectivity index (χ1) is 12.8. The van der Waals surface area contributed by atoms with E-state index in [-0.39, 0.29) is 0 Å². The van der Waals surface area contributed by atoms with Crippen LogP contribution < -0.4 is 4.74 Å². The minimum absolute atomic E-state index is 0.864. The van der Waals surface area contributed by atoms with E-state index in [9.17, 15) is 0 Å². The third-order valence-electron chi connectivity index (χ3n) is 5.35. The molecule has 0 aliphatic carbocycles. The normalized spacial score (nSPS) is 11.0. The lowest BCUT2D eigenvalue weighted by Crippen LogP contribution is -1.98. The Morgan fingerprint density at radius 1 is 0.577 bits per heavy atom.